The smallest absolute Gasteiger partial charge is 0.405 e. The van der Waals surface area contributed by atoms with E-state index in [4.69, 9.17) is 5.11 Å². The van der Waals surface area contributed by atoms with E-state index in [9.17, 15) is 4.79 Å². The summed E-state index contributed by atoms with van der Waals surface area (Å²) < 4.78 is 0. The Morgan fingerprint density at radius 1 is 1.88 bits per heavy atom. The molecule has 0 aromatic rings. The summed E-state index contributed by atoms with van der Waals surface area (Å²) in [4.78, 5) is 12.0. The van der Waals surface area contributed by atoms with Crippen LogP contribution in [0.4, 0.5) is 4.79 Å². The Kier molecular flexibility index (Phi) is 4.08. The molecule has 0 aliphatic carbocycles. The molecule has 0 aliphatic rings. The fourth-order valence-electron chi connectivity index (χ4n) is 0.153. The highest BCUT2D eigenvalue weighted by Gasteiger charge is 1.85. The van der Waals surface area contributed by atoms with Crippen LogP contribution in [0.5, 0.6) is 0 Å². The van der Waals surface area contributed by atoms with E-state index >= 15 is 0 Å². The Labute approximate surface area is 55.2 Å². The van der Waals surface area contributed by atoms with Crippen LogP contribution in [0.2, 0.25) is 0 Å². The van der Waals surface area contributed by atoms with Gasteiger partial charge in [0.25, 0.3) is 0 Å². The fraction of sp³-hybridized carbons (Fsp3) is 0.250. The van der Waals surface area contributed by atoms with E-state index in [1.165, 1.54) is 0 Å². The van der Waals surface area contributed by atoms with Gasteiger partial charge in [-0.3, -0.25) is 0 Å². The van der Waals surface area contributed by atoms with E-state index in [2.05, 4.69) is 32.0 Å². The molecule has 0 aromatic heterocycles. The largest absolute Gasteiger partial charge is 0.465 e. The molecule has 0 aliphatic heterocycles. The van der Waals surface area contributed by atoms with Gasteiger partial charge >= 0.3 is 6.09 Å². The summed E-state index contributed by atoms with van der Waals surface area (Å²) in [5.41, 5.74) is 0. The summed E-state index contributed by atoms with van der Waals surface area (Å²) >= 11 is 2.81. The number of hydrogen-bond donors (Lipinski definition) is 2. The van der Waals surface area contributed by atoms with Crippen LogP contribution in [0.1, 0.15) is 0 Å². The molecule has 0 fully saturated rings. The average Bonchev–Trinajstić information content (AvgIpc) is 1.66. The molecule has 44 valence electrons. The molecule has 0 spiro atoms. The van der Waals surface area contributed by atoms with Crippen LogP contribution in [0.15, 0.2) is 0 Å². The number of rotatable bonds is 1. The lowest BCUT2D eigenvalue weighted by Gasteiger charge is -1.87. The van der Waals surface area contributed by atoms with Crippen LogP contribution >= 0.6 is 15.9 Å². The number of carbonyl (C=O) groups is 1. The SMILES string of the molecule is O=C(O)NCC#CBr. The molecule has 0 saturated carbocycles. The van der Waals surface area contributed by atoms with Crippen LogP contribution in [0.3, 0.4) is 0 Å². The monoisotopic (exact) mass is 177 g/mol. The lowest BCUT2D eigenvalue weighted by Crippen LogP contribution is -2.20. The number of halogens is 1. The zero-order chi connectivity index (χ0) is 6.41. The second kappa shape index (κ2) is 4.47. The average molecular weight is 178 g/mol. The van der Waals surface area contributed by atoms with Crippen molar-refractivity contribution in [2.45, 2.75) is 0 Å². The summed E-state index contributed by atoms with van der Waals surface area (Å²) in [6.45, 7) is 0.167. The van der Waals surface area contributed by atoms with Crippen LogP contribution in [0, 0.1) is 10.8 Å². The molecule has 0 unspecified atom stereocenters. The van der Waals surface area contributed by atoms with Gasteiger partial charge in [-0.15, -0.1) is 0 Å². The Morgan fingerprint density at radius 2 is 2.50 bits per heavy atom. The van der Waals surface area contributed by atoms with E-state index in [-0.39, 0.29) is 6.54 Å². The minimum Gasteiger partial charge on any atom is -0.465 e. The third-order valence-electron chi connectivity index (χ3n) is 0.395. The highest BCUT2D eigenvalue weighted by molar-refractivity contribution is 9.12. The predicted molar refractivity (Wildman–Crippen MR) is 32.7 cm³/mol. The molecule has 3 nitrogen and oxygen atoms in total. The second-order valence-electron chi connectivity index (χ2n) is 0.930. The maximum absolute atomic E-state index is 9.68. The third kappa shape index (κ3) is 5.31. The van der Waals surface area contributed by atoms with Gasteiger partial charge in [-0.1, -0.05) is 5.92 Å². The van der Waals surface area contributed by atoms with Crippen molar-refractivity contribution in [1.29, 1.82) is 0 Å². The molecule has 2 N–H and O–H groups in total. The van der Waals surface area contributed by atoms with Crippen molar-refractivity contribution in [1.82, 2.24) is 5.32 Å². The molecule has 0 saturated heterocycles. The first-order valence-electron chi connectivity index (χ1n) is 1.82. The summed E-state index contributed by atoms with van der Waals surface area (Å²) in [7, 11) is 0. The van der Waals surface area contributed by atoms with E-state index in [1.54, 1.807) is 0 Å². The number of amides is 1. The van der Waals surface area contributed by atoms with Gasteiger partial charge in [0.1, 0.15) is 0 Å². The number of nitrogens with one attached hydrogen (secondary N) is 1. The Morgan fingerprint density at radius 3 is 2.88 bits per heavy atom. The zero-order valence-electron chi connectivity index (χ0n) is 3.94. The van der Waals surface area contributed by atoms with Gasteiger partial charge in [-0.2, -0.15) is 0 Å². The van der Waals surface area contributed by atoms with Gasteiger partial charge in [0.05, 0.1) is 6.54 Å². The Bertz CT molecular complexity index is 135. The van der Waals surface area contributed by atoms with Gasteiger partial charge in [0, 0.05) is 15.9 Å². The van der Waals surface area contributed by atoms with E-state index in [0.29, 0.717) is 0 Å². The Balaban J connectivity index is 3.14. The molecule has 0 aromatic carbocycles. The van der Waals surface area contributed by atoms with Crippen LogP contribution in [0.25, 0.3) is 0 Å². The quantitative estimate of drug-likeness (QED) is 0.578. The van der Waals surface area contributed by atoms with Gasteiger partial charge in [0.15, 0.2) is 0 Å². The van der Waals surface area contributed by atoms with Crippen LogP contribution in [-0.2, 0) is 0 Å². The van der Waals surface area contributed by atoms with Gasteiger partial charge in [-0.05, 0) is 4.83 Å². The second-order valence-corrected chi connectivity index (χ2v) is 1.33. The van der Waals surface area contributed by atoms with E-state index in [1.807, 2.05) is 0 Å². The van der Waals surface area contributed by atoms with Crippen LogP contribution in [-0.4, -0.2) is 17.7 Å². The lowest BCUT2D eigenvalue weighted by atomic mass is 10.7. The molecule has 8 heavy (non-hydrogen) atoms. The highest BCUT2D eigenvalue weighted by Crippen LogP contribution is 1.66. The van der Waals surface area contributed by atoms with Crippen molar-refractivity contribution in [2.75, 3.05) is 6.54 Å². The zero-order valence-corrected chi connectivity index (χ0v) is 5.53. The van der Waals surface area contributed by atoms with Gasteiger partial charge in [-0.25, -0.2) is 4.79 Å². The summed E-state index contributed by atoms with van der Waals surface area (Å²) in [6.07, 6.45) is -1.06. The van der Waals surface area contributed by atoms with Crippen molar-refractivity contribution >= 4 is 22.0 Å². The molecule has 0 bridgehead atoms. The van der Waals surface area contributed by atoms with Crippen LogP contribution < -0.4 is 5.32 Å². The number of carboxylic acid groups (broad SMARTS) is 1. The topological polar surface area (TPSA) is 49.3 Å². The summed E-state index contributed by atoms with van der Waals surface area (Å²) in [5.74, 6) is 2.45. The third-order valence-corrected chi connectivity index (χ3v) is 0.675. The molecular formula is C4H4BrNO2. The Hall–Kier alpha value is -0.690. The standard InChI is InChI=1S/C4H4BrNO2/c5-2-1-3-6-4(7)8/h6H,3H2,(H,7,8). The first-order valence-corrected chi connectivity index (χ1v) is 2.62. The summed E-state index contributed by atoms with van der Waals surface area (Å²) in [5, 5.41) is 10.0. The van der Waals surface area contributed by atoms with Crippen molar-refractivity contribution in [3.63, 3.8) is 0 Å². The molecule has 1 amide bonds. The number of hydrogen-bond acceptors (Lipinski definition) is 1. The maximum Gasteiger partial charge on any atom is 0.405 e. The first kappa shape index (κ1) is 7.31. The van der Waals surface area contributed by atoms with Gasteiger partial charge in [0.2, 0.25) is 0 Å². The van der Waals surface area contributed by atoms with Crippen molar-refractivity contribution in [3.8, 4) is 10.8 Å². The molecular weight excluding hydrogens is 174 g/mol. The van der Waals surface area contributed by atoms with E-state index in [0.717, 1.165) is 0 Å². The van der Waals surface area contributed by atoms with Crippen molar-refractivity contribution < 1.29 is 9.90 Å². The fourth-order valence-corrected chi connectivity index (χ4v) is 0.293. The molecule has 0 heterocycles. The highest BCUT2D eigenvalue weighted by atomic mass is 79.9. The molecule has 0 rings (SSSR count). The van der Waals surface area contributed by atoms with Crippen molar-refractivity contribution in [3.05, 3.63) is 0 Å². The molecule has 4 heteroatoms. The minimum absolute atomic E-state index is 0.167. The normalized spacial score (nSPS) is 6.62. The predicted octanol–water partition coefficient (Wildman–Crippen LogP) is 0.610. The first-order chi connectivity index (χ1) is 3.77. The summed E-state index contributed by atoms with van der Waals surface area (Å²) in [6, 6.07) is 0. The molecule has 0 radical (unpaired) electrons. The van der Waals surface area contributed by atoms with E-state index < -0.39 is 6.09 Å². The minimum atomic E-state index is -1.06. The van der Waals surface area contributed by atoms with Gasteiger partial charge < -0.3 is 10.4 Å². The lowest BCUT2D eigenvalue weighted by molar-refractivity contribution is 0.196. The molecule has 0 atom stereocenters. The van der Waals surface area contributed by atoms with Crippen molar-refractivity contribution in [2.24, 2.45) is 0 Å². The maximum atomic E-state index is 9.68.